The second kappa shape index (κ2) is 6.11. The van der Waals surface area contributed by atoms with Gasteiger partial charge in [-0.05, 0) is 44.6 Å². The Morgan fingerprint density at radius 1 is 1.30 bits per heavy atom. The van der Waals surface area contributed by atoms with Gasteiger partial charge >= 0.3 is 5.97 Å². The molecule has 0 aromatic carbocycles. The number of rotatable bonds is 4. The van der Waals surface area contributed by atoms with Gasteiger partial charge in [-0.15, -0.1) is 0 Å². The highest BCUT2D eigenvalue weighted by Crippen LogP contribution is 2.59. The summed E-state index contributed by atoms with van der Waals surface area (Å²) in [7, 11) is 0. The maximum absolute atomic E-state index is 12.3. The van der Waals surface area contributed by atoms with Gasteiger partial charge in [0, 0.05) is 24.5 Å². The van der Waals surface area contributed by atoms with Crippen molar-refractivity contribution in [3.8, 4) is 0 Å². The van der Waals surface area contributed by atoms with Crippen LogP contribution in [0.2, 0.25) is 0 Å². The lowest BCUT2D eigenvalue weighted by atomic mass is 9.91. The third-order valence-electron chi connectivity index (χ3n) is 4.89. The van der Waals surface area contributed by atoms with E-state index in [2.05, 4.69) is 9.97 Å². The highest BCUT2D eigenvalue weighted by atomic mass is 32.2. The highest BCUT2D eigenvalue weighted by molar-refractivity contribution is 7.99. The number of likely N-dealkylation sites (tertiary alicyclic amines) is 1. The predicted molar refractivity (Wildman–Crippen MR) is 86.2 cm³/mol. The van der Waals surface area contributed by atoms with E-state index in [1.165, 1.54) is 11.8 Å². The molecule has 0 radical (unpaired) electrons. The molecule has 1 aromatic rings. The number of carbonyl (C=O) groups is 2. The van der Waals surface area contributed by atoms with Gasteiger partial charge in [0.15, 0.2) is 5.16 Å². The second-order valence-electron chi connectivity index (χ2n) is 6.56. The van der Waals surface area contributed by atoms with Crippen molar-refractivity contribution in [2.24, 2.45) is 11.3 Å². The Hall–Kier alpha value is -1.63. The van der Waals surface area contributed by atoms with Crippen LogP contribution in [0.3, 0.4) is 0 Å². The van der Waals surface area contributed by atoms with Crippen molar-refractivity contribution < 1.29 is 14.7 Å². The van der Waals surface area contributed by atoms with Crippen LogP contribution in [0.5, 0.6) is 0 Å². The Morgan fingerprint density at radius 2 is 1.91 bits per heavy atom. The van der Waals surface area contributed by atoms with Crippen LogP contribution in [0.15, 0.2) is 11.2 Å². The largest absolute Gasteiger partial charge is 0.481 e. The van der Waals surface area contributed by atoms with Crippen LogP contribution in [0.4, 0.5) is 0 Å². The van der Waals surface area contributed by atoms with Gasteiger partial charge in [-0.25, -0.2) is 9.97 Å². The van der Waals surface area contributed by atoms with Crippen molar-refractivity contribution in [2.75, 3.05) is 18.8 Å². The van der Waals surface area contributed by atoms with Crippen molar-refractivity contribution in [3.05, 3.63) is 17.5 Å². The summed E-state index contributed by atoms with van der Waals surface area (Å²) >= 11 is 1.36. The molecule has 3 rings (SSSR count). The molecule has 124 valence electrons. The zero-order chi connectivity index (χ0) is 16.6. The van der Waals surface area contributed by atoms with Crippen LogP contribution >= 0.6 is 11.8 Å². The molecule has 1 aromatic heterocycles. The van der Waals surface area contributed by atoms with Crippen molar-refractivity contribution in [1.82, 2.24) is 14.9 Å². The van der Waals surface area contributed by atoms with E-state index in [1.54, 1.807) is 0 Å². The number of hydrogen-bond donors (Lipinski definition) is 1. The van der Waals surface area contributed by atoms with Crippen LogP contribution in [0.25, 0.3) is 0 Å². The first kappa shape index (κ1) is 16.2. The maximum Gasteiger partial charge on any atom is 0.307 e. The van der Waals surface area contributed by atoms with E-state index in [0.29, 0.717) is 24.0 Å². The third-order valence-corrected chi connectivity index (χ3v) is 5.72. The fourth-order valence-electron chi connectivity index (χ4n) is 3.43. The quantitative estimate of drug-likeness (QED) is 0.668. The van der Waals surface area contributed by atoms with E-state index < -0.39 is 5.97 Å². The summed E-state index contributed by atoms with van der Waals surface area (Å²) in [4.78, 5) is 33.9. The monoisotopic (exact) mass is 335 g/mol. The number of thioether (sulfide) groups is 1. The fraction of sp³-hybridized carbons (Fsp3) is 0.625. The number of amides is 1. The summed E-state index contributed by atoms with van der Waals surface area (Å²) in [6.45, 7) is 5.16. The Bertz CT molecular complexity index is 621. The molecule has 1 amide bonds. The number of aromatic nitrogens is 2. The smallest absolute Gasteiger partial charge is 0.307 e. The molecule has 1 spiro atoms. The summed E-state index contributed by atoms with van der Waals surface area (Å²) < 4.78 is 0. The van der Waals surface area contributed by atoms with Crippen molar-refractivity contribution >= 4 is 23.6 Å². The molecule has 23 heavy (non-hydrogen) atoms. The topological polar surface area (TPSA) is 83.4 Å². The second-order valence-corrected chi connectivity index (χ2v) is 7.50. The van der Waals surface area contributed by atoms with Crippen molar-refractivity contribution in [2.45, 2.75) is 38.3 Å². The number of hydrogen-bond acceptors (Lipinski definition) is 5. The zero-order valence-electron chi connectivity index (χ0n) is 13.4. The number of carboxylic acids is 1. The van der Waals surface area contributed by atoms with E-state index in [0.717, 1.165) is 30.7 Å². The van der Waals surface area contributed by atoms with Crippen LogP contribution in [0, 0.1) is 25.2 Å². The number of carbonyl (C=O) groups excluding carboxylic acids is 1. The number of aryl methyl sites for hydroxylation is 2. The Labute approximate surface area is 139 Å². The predicted octanol–water partition coefficient (Wildman–Crippen LogP) is 1.90. The molecule has 1 aliphatic carbocycles. The minimum absolute atomic E-state index is 0.0352. The average Bonchev–Trinajstić information content (AvgIpc) is 3.19. The molecule has 1 unspecified atom stereocenters. The van der Waals surface area contributed by atoms with Gasteiger partial charge < -0.3 is 10.0 Å². The standard InChI is InChI=1S/C16H21N3O3S/c1-10-7-11(2)18-15(17-10)23-9-13(20)19-5-3-16(4-6-19)8-12(16)14(21)22/h7,12H,3-6,8-9H2,1-2H3,(H,21,22). The Balaban J connectivity index is 1.49. The van der Waals surface area contributed by atoms with Gasteiger partial charge in [0.1, 0.15) is 0 Å². The summed E-state index contributed by atoms with van der Waals surface area (Å²) in [5, 5.41) is 9.74. The van der Waals surface area contributed by atoms with E-state index in [1.807, 2.05) is 24.8 Å². The van der Waals surface area contributed by atoms with Crippen molar-refractivity contribution in [3.63, 3.8) is 0 Å². The maximum atomic E-state index is 12.3. The lowest BCUT2D eigenvalue weighted by molar-refractivity contribution is -0.139. The summed E-state index contributed by atoms with van der Waals surface area (Å²) in [5.74, 6) is -0.469. The average molecular weight is 335 g/mol. The van der Waals surface area contributed by atoms with Gasteiger partial charge in [-0.2, -0.15) is 0 Å². The molecule has 2 aliphatic rings. The molecule has 7 heteroatoms. The van der Waals surface area contributed by atoms with Crippen LogP contribution in [-0.2, 0) is 9.59 Å². The van der Waals surface area contributed by atoms with Crippen LogP contribution in [0.1, 0.15) is 30.7 Å². The van der Waals surface area contributed by atoms with E-state index in [4.69, 9.17) is 5.11 Å². The molecular weight excluding hydrogens is 314 g/mol. The lowest BCUT2D eigenvalue weighted by Crippen LogP contribution is -2.40. The summed E-state index contributed by atoms with van der Waals surface area (Å²) in [6.07, 6.45) is 2.39. The van der Waals surface area contributed by atoms with Gasteiger partial charge in [-0.3, -0.25) is 9.59 Å². The molecule has 1 aliphatic heterocycles. The molecule has 1 saturated carbocycles. The number of aliphatic carboxylic acids is 1. The SMILES string of the molecule is Cc1cc(C)nc(SCC(=O)N2CCC3(CC2)CC3C(=O)O)n1. The molecule has 2 fully saturated rings. The highest BCUT2D eigenvalue weighted by Gasteiger charge is 2.59. The van der Waals surface area contributed by atoms with Gasteiger partial charge in [0.2, 0.25) is 5.91 Å². The molecular formula is C16H21N3O3S. The normalized spacial score (nSPS) is 22.2. The van der Waals surface area contributed by atoms with E-state index in [-0.39, 0.29) is 17.2 Å². The van der Waals surface area contributed by atoms with Gasteiger partial charge in [0.25, 0.3) is 0 Å². The van der Waals surface area contributed by atoms with Gasteiger partial charge in [0.05, 0.1) is 11.7 Å². The summed E-state index contributed by atoms with van der Waals surface area (Å²) in [5.41, 5.74) is 1.77. The zero-order valence-corrected chi connectivity index (χ0v) is 14.2. The number of carboxylic acid groups (broad SMARTS) is 1. The third kappa shape index (κ3) is 3.49. The Morgan fingerprint density at radius 3 is 2.43 bits per heavy atom. The van der Waals surface area contributed by atoms with Crippen molar-refractivity contribution in [1.29, 1.82) is 0 Å². The van der Waals surface area contributed by atoms with Crippen LogP contribution < -0.4 is 0 Å². The first-order valence-electron chi connectivity index (χ1n) is 7.85. The molecule has 6 nitrogen and oxygen atoms in total. The fourth-order valence-corrected chi connectivity index (χ4v) is 4.28. The molecule has 2 heterocycles. The molecule has 0 bridgehead atoms. The molecule has 1 atom stereocenters. The number of nitrogens with zero attached hydrogens (tertiary/aromatic N) is 3. The molecule has 1 saturated heterocycles. The first-order valence-corrected chi connectivity index (χ1v) is 8.84. The Kier molecular flexibility index (Phi) is 4.31. The van der Waals surface area contributed by atoms with Crippen LogP contribution in [-0.4, -0.2) is 50.7 Å². The molecule has 1 N–H and O–H groups in total. The van der Waals surface area contributed by atoms with Gasteiger partial charge in [-0.1, -0.05) is 11.8 Å². The van der Waals surface area contributed by atoms with E-state index in [9.17, 15) is 9.59 Å². The van der Waals surface area contributed by atoms with E-state index >= 15 is 0 Å². The summed E-state index contributed by atoms with van der Waals surface area (Å²) in [6, 6.07) is 1.91. The lowest BCUT2D eigenvalue weighted by Gasteiger charge is -2.32. The number of piperidine rings is 1. The first-order chi connectivity index (χ1) is 10.9. The minimum atomic E-state index is -0.688. The minimum Gasteiger partial charge on any atom is -0.481 e.